The third-order valence-corrected chi connectivity index (χ3v) is 3.99. The minimum Gasteiger partial charge on any atom is -0.503 e. The molecular formula is C16H17NO4. The molecular weight excluding hydrogens is 270 g/mol. The number of hydrogen-bond donors (Lipinski definition) is 1. The molecule has 1 aromatic rings. The van der Waals surface area contributed by atoms with Gasteiger partial charge < -0.3 is 14.7 Å². The van der Waals surface area contributed by atoms with Crippen molar-refractivity contribution in [1.82, 2.24) is 4.90 Å². The number of aryl methyl sites for hydroxylation is 1. The summed E-state index contributed by atoms with van der Waals surface area (Å²) in [5.74, 6) is -1.58. The zero-order chi connectivity index (χ0) is 15.0. The van der Waals surface area contributed by atoms with Crippen LogP contribution in [0.4, 0.5) is 0 Å². The van der Waals surface area contributed by atoms with Gasteiger partial charge in [0.25, 0.3) is 5.91 Å². The van der Waals surface area contributed by atoms with Gasteiger partial charge in [0.2, 0.25) is 0 Å². The van der Waals surface area contributed by atoms with Crippen LogP contribution in [0.5, 0.6) is 0 Å². The fourth-order valence-electron chi connectivity index (χ4n) is 3.09. The van der Waals surface area contributed by atoms with E-state index in [9.17, 15) is 14.7 Å². The Morgan fingerprint density at radius 2 is 2.19 bits per heavy atom. The van der Waals surface area contributed by atoms with Gasteiger partial charge in [-0.2, -0.15) is 0 Å². The van der Waals surface area contributed by atoms with Crippen LogP contribution in [0.25, 0.3) is 0 Å². The number of benzene rings is 1. The van der Waals surface area contributed by atoms with Crippen LogP contribution >= 0.6 is 0 Å². The van der Waals surface area contributed by atoms with Crippen LogP contribution in [0, 0.1) is 0 Å². The van der Waals surface area contributed by atoms with Crippen LogP contribution in [-0.4, -0.2) is 35.0 Å². The fraction of sp³-hybridized carbons (Fsp3) is 0.375. The Morgan fingerprint density at radius 3 is 2.95 bits per heavy atom. The summed E-state index contributed by atoms with van der Waals surface area (Å²) in [5, 5.41) is 10.1. The topological polar surface area (TPSA) is 66.8 Å². The Balaban J connectivity index is 2.12. The highest BCUT2D eigenvalue weighted by Crippen LogP contribution is 2.41. The number of carbonyl (C=O) groups is 2. The number of esters is 1. The molecule has 21 heavy (non-hydrogen) atoms. The van der Waals surface area contributed by atoms with Crippen molar-refractivity contribution in [3.05, 3.63) is 46.7 Å². The van der Waals surface area contributed by atoms with E-state index in [0.717, 1.165) is 24.0 Å². The number of aliphatic hydroxyl groups is 1. The van der Waals surface area contributed by atoms with Crippen LogP contribution in [-0.2, 0) is 20.7 Å². The van der Waals surface area contributed by atoms with Gasteiger partial charge in [-0.1, -0.05) is 24.3 Å². The standard InChI is InChI=1S/C16H17NO4/c1-2-21-16(20)12-13-11-8-4-3-6-10(11)7-5-9-17(13)15(19)14(12)18/h3-4,6,8,13,18H,2,5,7,9H2,1H3. The van der Waals surface area contributed by atoms with Gasteiger partial charge in [-0.05, 0) is 30.9 Å². The molecule has 0 aliphatic carbocycles. The summed E-state index contributed by atoms with van der Waals surface area (Å²) in [6, 6.07) is 7.20. The number of hydrogen-bond acceptors (Lipinski definition) is 4. The van der Waals surface area contributed by atoms with Crippen molar-refractivity contribution in [2.75, 3.05) is 13.2 Å². The van der Waals surface area contributed by atoms with E-state index in [0.29, 0.717) is 6.54 Å². The lowest BCUT2D eigenvalue weighted by Crippen LogP contribution is -2.31. The average molecular weight is 287 g/mol. The molecule has 1 amide bonds. The zero-order valence-corrected chi connectivity index (χ0v) is 11.8. The normalized spacial score (nSPS) is 20.9. The summed E-state index contributed by atoms with van der Waals surface area (Å²) in [7, 11) is 0. The smallest absolute Gasteiger partial charge is 0.340 e. The van der Waals surface area contributed by atoms with Gasteiger partial charge in [0.15, 0.2) is 5.76 Å². The highest BCUT2D eigenvalue weighted by molar-refractivity contribution is 6.06. The minimum absolute atomic E-state index is 0.0659. The van der Waals surface area contributed by atoms with Gasteiger partial charge in [0, 0.05) is 6.54 Å². The van der Waals surface area contributed by atoms with Crippen LogP contribution in [0.2, 0.25) is 0 Å². The first-order chi connectivity index (χ1) is 10.1. The molecule has 0 radical (unpaired) electrons. The molecule has 3 rings (SSSR count). The third kappa shape index (κ3) is 2.09. The Hall–Kier alpha value is -2.30. The summed E-state index contributed by atoms with van der Waals surface area (Å²) < 4.78 is 5.01. The molecule has 0 spiro atoms. The van der Waals surface area contributed by atoms with Crippen molar-refractivity contribution < 1.29 is 19.4 Å². The van der Waals surface area contributed by atoms with Crippen molar-refractivity contribution in [3.8, 4) is 0 Å². The van der Waals surface area contributed by atoms with E-state index in [4.69, 9.17) is 4.74 Å². The van der Waals surface area contributed by atoms with E-state index in [-0.39, 0.29) is 12.2 Å². The van der Waals surface area contributed by atoms with Crippen molar-refractivity contribution in [3.63, 3.8) is 0 Å². The molecule has 1 atom stereocenters. The number of fused-ring (bicyclic) bond motifs is 3. The van der Waals surface area contributed by atoms with Crippen LogP contribution in [0.3, 0.4) is 0 Å². The van der Waals surface area contributed by atoms with E-state index in [1.165, 1.54) is 0 Å². The second-order valence-corrected chi connectivity index (χ2v) is 5.19. The van der Waals surface area contributed by atoms with Crippen LogP contribution < -0.4 is 0 Å². The fourth-order valence-corrected chi connectivity index (χ4v) is 3.09. The van der Waals surface area contributed by atoms with Gasteiger partial charge in [-0.3, -0.25) is 4.79 Å². The van der Waals surface area contributed by atoms with Crippen molar-refractivity contribution in [2.45, 2.75) is 25.8 Å². The van der Waals surface area contributed by atoms with Gasteiger partial charge in [-0.25, -0.2) is 4.79 Å². The number of ether oxygens (including phenoxy) is 1. The number of amides is 1. The minimum atomic E-state index is -0.618. The molecule has 5 nitrogen and oxygen atoms in total. The van der Waals surface area contributed by atoms with Crippen molar-refractivity contribution >= 4 is 11.9 Å². The molecule has 0 fully saturated rings. The number of nitrogens with zero attached hydrogens (tertiary/aromatic N) is 1. The summed E-state index contributed by atoms with van der Waals surface area (Å²) in [5.41, 5.74) is 2.07. The number of aliphatic hydroxyl groups excluding tert-OH is 1. The lowest BCUT2D eigenvalue weighted by atomic mass is 9.94. The second-order valence-electron chi connectivity index (χ2n) is 5.19. The first-order valence-corrected chi connectivity index (χ1v) is 7.14. The van der Waals surface area contributed by atoms with Crippen molar-refractivity contribution in [2.24, 2.45) is 0 Å². The average Bonchev–Trinajstić information content (AvgIpc) is 2.63. The van der Waals surface area contributed by atoms with E-state index in [1.54, 1.807) is 11.8 Å². The lowest BCUT2D eigenvalue weighted by molar-refractivity contribution is -0.139. The molecule has 2 heterocycles. The first-order valence-electron chi connectivity index (χ1n) is 7.14. The Kier molecular flexibility index (Phi) is 3.41. The predicted octanol–water partition coefficient (Wildman–Crippen LogP) is 1.89. The number of rotatable bonds is 2. The zero-order valence-electron chi connectivity index (χ0n) is 11.8. The highest BCUT2D eigenvalue weighted by Gasteiger charge is 2.45. The molecule has 2 aliphatic heterocycles. The maximum Gasteiger partial charge on any atom is 0.340 e. The molecule has 110 valence electrons. The summed E-state index contributed by atoms with van der Waals surface area (Å²) in [6.45, 7) is 2.43. The molecule has 0 saturated carbocycles. The van der Waals surface area contributed by atoms with Crippen molar-refractivity contribution in [1.29, 1.82) is 0 Å². The van der Waals surface area contributed by atoms with E-state index in [2.05, 4.69) is 0 Å². The Morgan fingerprint density at radius 1 is 1.43 bits per heavy atom. The SMILES string of the molecule is CCOC(=O)C1=C(O)C(=O)N2CCCc3ccccc3C12. The maximum atomic E-state index is 12.2. The maximum absolute atomic E-state index is 12.2. The van der Waals surface area contributed by atoms with Gasteiger partial charge in [0.1, 0.15) is 5.57 Å². The molecule has 2 aliphatic rings. The molecule has 0 saturated heterocycles. The molecule has 1 N–H and O–H groups in total. The number of carbonyl (C=O) groups excluding carboxylic acids is 2. The Bertz CT molecular complexity index is 635. The third-order valence-electron chi connectivity index (χ3n) is 3.99. The van der Waals surface area contributed by atoms with E-state index < -0.39 is 23.7 Å². The second kappa shape index (κ2) is 5.24. The summed E-state index contributed by atoms with van der Waals surface area (Å²) >= 11 is 0. The monoisotopic (exact) mass is 287 g/mol. The Labute approximate surface area is 122 Å². The quantitative estimate of drug-likeness (QED) is 0.844. The predicted molar refractivity (Wildman–Crippen MR) is 75.5 cm³/mol. The molecule has 0 aromatic heterocycles. The largest absolute Gasteiger partial charge is 0.503 e. The lowest BCUT2D eigenvalue weighted by Gasteiger charge is -2.24. The van der Waals surface area contributed by atoms with Crippen LogP contribution in [0.15, 0.2) is 35.6 Å². The van der Waals surface area contributed by atoms with Gasteiger partial charge in [-0.15, -0.1) is 0 Å². The van der Waals surface area contributed by atoms with Gasteiger partial charge in [0.05, 0.1) is 12.6 Å². The molecule has 1 unspecified atom stereocenters. The van der Waals surface area contributed by atoms with E-state index in [1.807, 2.05) is 24.3 Å². The van der Waals surface area contributed by atoms with E-state index >= 15 is 0 Å². The van der Waals surface area contributed by atoms with Crippen LogP contribution in [0.1, 0.15) is 30.5 Å². The first kappa shape index (κ1) is 13.7. The molecule has 5 heteroatoms. The highest BCUT2D eigenvalue weighted by atomic mass is 16.5. The van der Waals surface area contributed by atoms with Gasteiger partial charge >= 0.3 is 5.97 Å². The summed E-state index contributed by atoms with van der Waals surface area (Å²) in [4.78, 5) is 26.0. The molecule has 0 bridgehead atoms. The summed E-state index contributed by atoms with van der Waals surface area (Å²) in [6.07, 6.45) is 1.66. The molecule has 1 aromatic carbocycles.